The van der Waals surface area contributed by atoms with E-state index in [1.807, 2.05) is 0 Å². The Kier molecular flexibility index (Phi) is 5.90. The monoisotopic (exact) mass is 289 g/mol. The highest BCUT2D eigenvalue weighted by Gasteiger charge is 2.40. The molecule has 0 aromatic carbocycles. The molecular weight excluding hydrogens is 270 g/mol. The first-order valence-corrected chi connectivity index (χ1v) is 6.20. The zero-order valence-electron chi connectivity index (χ0n) is 11.6. The second-order valence-electron chi connectivity index (χ2n) is 4.56. The van der Waals surface area contributed by atoms with Crippen molar-refractivity contribution in [2.75, 3.05) is 6.61 Å². The van der Waals surface area contributed by atoms with Crippen LogP contribution in [0.2, 0.25) is 0 Å². The summed E-state index contributed by atoms with van der Waals surface area (Å²) in [5.74, 6) is -1.39. The molecule has 20 heavy (non-hydrogen) atoms. The minimum atomic E-state index is -1.35. The molecule has 0 bridgehead atoms. The van der Waals surface area contributed by atoms with Crippen molar-refractivity contribution in [3.63, 3.8) is 0 Å². The molecule has 1 rings (SSSR count). The van der Waals surface area contributed by atoms with Gasteiger partial charge in [0.05, 0.1) is 6.10 Å². The molecular formula is C12H19NO7. The number of hydrogen-bond acceptors (Lipinski definition) is 7. The van der Waals surface area contributed by atoms with Crippen molar-refractivity contribution >= 4 is 17.8 Å². The van der Waals surface area contributed by atoms with Gasteiger partial charge in [-0.1, -0.05) is 0 Å². The maximum Gasteiger partial charge on any atom is 0.302 e. The summed E-state index contributed by atoms with van der Waals surface area (Å²) in [5.41, 5.74) is 0. The number of carbonyl (C=O) groups excluding carboxylic acids is 3. The van der Waals surface area contributed by atoms with Crippen molar-refractivity contribution in [3.8, 4) is 0 Å². The largest absolute Gasteiger partial charge is 0.463 e. The Labute approximate surface area is 116 Å². The van der Waals surface area contributed by atoms with Crippen molar-refractivity contribution < 1.29 is 33.7 Å². The van der Waals surface area contributed by atoms with Crippen molar-refractivity contribution in [2.45, 2.75) is 51.7 Å². The third kappa shape index (κ3) is 5.14. The highest BCUT2D eigenvalue weighted by molar-refractivity contribution is 5.73. The number of rotatable bonds is 4. The van der Waals surface area contributed by atoms with Crippen LogP contribution < -0.4 is 5.32 Å². The molecule has 4 unspecified atom stereocenters. The molecule has 8 heteroatoms. The van der Waals surface area contributed by atoms with Crippen LogP contribution in [0.4, 0.5) is 0 Å². The quantitative estimate of drug-likeness (QED) is 0.645. The Bertz CT molecular complexity index is 384. The van der Waals surface area contributed by atoms with Gasteiger partial charge in [-0.2, -0.15) is 0 Å². The highest BCUT2D eigenvalue weighted by atomic mass is 16.6. The fraction of sp³-hybridized carbons (Fsp3) is 0.750. The van der Waals surface area contributed by atoms with Crippen LogP contribution in [0.5, 0.6) is 0 Å². The van der Waals surface area contributed by atoms with Crippen LogP contribution in [0, 0.1) is 0 Å². The Hall–Kier alpha value is -1.67. The summed E-state index contributed by atoms with van der Waals surface area (Å²) < 4.78 is 15.1. The molecule has 1 heterocycles. The molecule has 0 spiro atoms. The molecule has 1 fully saturated rings. The Morgan fingerprint density at radius 3 is 2.40 bits per heavy atom. The van der Waals surface area contributed by atoms with Crippen LogP contribution in [0.25, 0.3) is 0 Å². The zero-order valence-corrected chi connectivity index (χ0v) is 11.6. The number of esters is 2. The van der Waals surface area contributed by atoms with Gasteiger partial charge in [0.15, 0.2) is 6.29 Å². The first kappa shape index (κ1) is 16.4. The normalized spacial score (nSPS) is 29.4. The Morgan fingerprint density at radius 1 is 1.25 bits per heavy atom. The third-order valence-corrected chi connectivity index (χ3v) is 2.69. The lowest BCUT2D eigenvalue weighted by atomic mass is 10.00. The van der Waals surface area contributed by atoms with E-state index in [0.717, 1.165) is 0 Å². The Morgan fingerprint density at radius 2 is 1.90 bits per heavy atom. The number of hydrogen-bond donors (Lipinski definition) is 2. The van der Waals surface area contributed by atoms with E-state index in [4.69, 9.17) is 14.2 Å². The van der Waals surface area contributed by atoms with Gasteiger partial charge in [-0.15, -0.1) is 0 Å². The topological polar surface area (TPSA) is 111 Å². The number of aliphatic hydroxyl groups is 1. The van der Waals surface area contributed by atoms with E-state index in [1.165, 1.54) is 20.8 Å². The molecule has 0 saturated carbocycles. The standard InChI is InChI=1S/C12H19NO7/c1-6(14)13-11-10(19-8(3)16)4-9(20-12(11)17)5-18-7(2)15/h9-12,17H,4-5H2,1-3H3,(H,13,14). The Balaban J connectivity index is 2.71. The number of carbonyl (C=O) groups is 3. The number of nitrogens with one attached hydrogen (secondary N) is 1. The van der Waals surface area contributed by atoms with Gasteiger partial charge in [-0.3, -0.25) is 14.4 Å². The van der Waals surface area contributed by atoms with Crippen molar-refractivity contribution in [2.24, 2.45) is 0 Å². The van der Waals surface area contributed by atoms with E-state index in [-0.39, 0.29) is 18.9 Å². The van der Waals surface area contributed by atoms with Gasteiger partial charge in [-0.25, -0.2) is 0 Å². The third-order valence-electron chi connectivity index (χ3n) is 2.69. The number of amides is 1. The number of ether oxygens (including phenoxy) is 3. The highest BCUT2D eigenvalue weighted by Crippen LogP contribution is 2.22. The van der Waals surface area contributed by atoms with E-state index in [1.54, 1.807) is 0 Å². The van der Waals surface area contributed by atoms with Crippen LogP contribution in [-0.4, -0.2) is 54.1 Å². The van der Waals surface area contributed by atoms with E-state index in [9.17, 15) is 19.5 Å². The molecule has 1 aliphatic rings. The summed E-state index contributed by atoms with van der Waals surface area (Å²) in [6.45, 7) is 3.70. The van der Waals surface area contributed by atoms with Gasteiger partial charge in [-0.05, 0) is 0 Å². The van der Waals surface area contributed by atoms with Gasteiger partial charge in [0.1, 0.15) is 18.8 Å². The molecule has 4 atom stereocenters. The van der Waals surface area contributed by atoms with Crippen LogP contribution in [-0.2, 0) is 28.6 Å². The zero-order chi connectivity index (χ0) is 15.3. The smallest absolute Gasteiger partial charge is 0.302 e. The van der Waals surface area contributed by atoms with Crippen molar-refractivity contribution in [1.29, 1.82) is 0 Å². The van der Waals surface area contributed by atoms with E-state index in [0.29, 0.717) is 0 Å². The van der Waals surface area contributed by atoms with Gasteiger partial charge in [0, 0.05) is 27.2 Å². The van der Waals surface area contributed by atoms with Gasteiger partial charge >= 0.3 is 11.9 Å². The molecule has 0 aromatic heterocycles. The molecule has 0 aliphatic carbocycles. The molecule has 8 nitrogen and oxygen atoms in total. The lowest BCUT2D eigenvalue weighted by Crippen LogP contribution is -2.58. The summed E-state index contributed by atoms with van der Waals surface area (Å²) in [5, 5.41) is 12.3. The predicted octanol–water partition coefficient (Wildman–Crippen LogP) is -0.907. The summed E-state index contributed by atoms with van der Waals surface area (Å²) >= 11 is 0. The predicted molar refractivity (Wildman–Crippen MR) is 65.3 cm³/mol. The summed E-state index contributed by atoms with van der Waals surface area (Å²) in [7, 11) is 0. The van der Waals surface area contributed by atoms with Crippen LogP contribution in [0.15, 0.2) is 0 Å². The molecule has 1 amide bonds. The maximum absolute atomic E-state index is 11.1. The summed E-state index contributed by atoms with van der Waals surface area (Å²) in [6, 6.07) is -0.857. The van der Waals surface area contributed by atoms with Gasteiger partial charge < -0.3 is 24.6 Å². The molecule has 1 saturated heterocycles. The average Bonchev–Trinajstić information content (AvgIpc) is 2.29. The minimum Gasteiger partial charge on any atom is -0.463 e. The van der Waals surface area contributed by atoms with Crippen molar-refractivity contribution in [3.05, 3.63) is 0 Å². The second kappa shape index (κ2) is 7.20. The lowest BCUT2D eigenvalue weighted by Gasteiger charge is -2.38. The van der Waals surface area contributed by atoms with Gasteiger partial charge in [0.2, 0.25) is 5.91 Å². The lowest BCUT2D eigenvalue weighted by molar-refractivity contribution is -0.224. The molecule has 0 radical (unpaired) electrons. The SMILES string of the molecule is CC(=O)NC1C(O)OC(COC(C)=O)CC1OC(C)=O. The van der Waals surface area contributed by atoms with Crippen LogP contribution in [0.1, 0.15) is 27.2 Å². The average molecular weight is 289 g/mol. The molecule has 1 aliphatic heterocycles. The molecule has 2 N–H and O–H groups in total. The summed E-state index contributed by atoms with van der Waals surface area (Å²) in [6.07, 6.45) is -2.50. The number of aliphatic hydroxyl groups excluding tert-OH is 1. The van der Waals surface area contributed by atoms with E-state index < -0.39 is 36.5 Å². The molecule has 0 aromatic rings. The maximum atomic E-state index is 11.1. The first-order valence-electron chi connectivity index (χ1n) is 6.20. The minimum absolute atomic E-state index is 0.0586. The van der Waals surface area contributed by atoms with E-state index in [2.05, 4.69) is 5.32 Å². The fourth-order valence-electron chi connectivity index (χ4n) is 1.98. The van der Waals surface area contributed by atoms with Crippen LogP contribution >= 0.6 is 0 Å². The fourth-order valence-corrected chi connectivity index (χ4v) is 1.98. The summed E-state index contributed by atoms with van der Waals surface area (Å²) in [4.78, 5) is 32.9. The molecule has 114 valence electrons. The van der Waals surface area contributed by atoms with E-state index >= 15 is 0 Å². The van der Waals surface area contributed by atoms with Gasteiger partial charge in [0.25, 0.3) is 0 Å². The second-order valence-corrected chi connectivity index (χ2v) is 4.56. The first-order chi connectivity index (χ1) is 9.29. The van der Waals surface area contributed by atoms with Crippen LogP contribution in [0.3, 0.4) is 0 Å². The van der Waals surface area contributed by atoms with Crippen molar-refractivity contribution in [1.82, 2.24) is 5.32 Å².